The minimum absolute atomic E-state index is 0.166. The molecule has 0 unspecified atom stereocenters. The van der Waals surface area contributed by atoms with Gasteiger partial charge in [0, 0.05) is 31.6 Å². The minimum atomic E-state index is -0.546. The van der Waals surface area contributed by atoms with Crippen LogP contribution in [-0.2, 0) is 0 Å². The van der Waals surface area contributed by atoms with Crippen LogP contribution in [0.4, 0.5) is 4.39 Å². The lowest BCUT2D eigenvalue weighted by Gasteiger charge is -2.06. The van der Waals surface area contributed by atoms with E-state index in [9.17, 15) is 14.0 Å². The highest BCUT2D eigenvalue weighted by Crippen LogP contribution is 2.10. The Bertz CT molecular complexity index is 722. The van der Waals surface area contributed by atoms with Crippen LogP contribution in [0.2, 0.25) is 0 Å². The molecule has 0 aliphatic heterocycles. The summed E-state index contributed by atoms with van der Waals surface area (Å²) in [6.07, 6.45) is 3.90. The van der Waals surface area contributed by atoms with Crippen molar-refractivity contribution in [2.75, 3.05) is 7.05 Å². The standard InChI is InChI=1S/C14H12FN3O2/c1-16-8-6-12(19)14-13(20)7-9-18(17-14)11-5-3-2-4-10(11)15/h2-9,16H,1H3/b8-6+. The fourth-order valence-corrected chi connectivity index (χ4v) is 1.59. The van der Waals surface area contributed by atoms with Gasteiger partial charge in [0.25, 0.3) is 0 Å². The average molecular weight is 273 g/mol. The van der Waals surface area contributed by atoms with E-state index in [0.29, 0.717) is 0 Å². The van der Waals surface area contributed by atoms with Crippen molar-refractivity contribution in [1.82, 2.24) is 15.1 Å². The maximum Gasteiger partial charge on any atom is 0.211 e. The van der Waals surface area contributed by atoms with Crippen LogP contribution in [-0.4, -0.2) is 22.6 Å². The van der Waals surface area contributed by atoms with Crippen molar-refractivity contribution in [3.8, 4) is 5.69 Å². The lowest BCUT2D eigenvalue weighted by atomic mass is 10.2. The topological polar surface area (TPSA) is 64.0 Å². The van der Waals surface area contributed by atoms with Crippen LogP contribution < -0.4 is 10.7 Å². The van der Waals surface area contributed by atoms with Gasteiger partial charge >= 0.3 is 0 Å². The Morgan fingerprint density at radius 1 is 1.35 bits per heavy atom. The molecule has 102 valence electrons. The van der Waals surface area contributed by atoms with Crippen molar-refractivity contribution in [3.63, 3.8) is 0 Å². The Labute approximate surface area is 114 Å². The van der Waals surface area contributed by atoms with E-state index in [0.717, 1.165) is 4.68 Å². The summed E-state index contributed by atoms with van der Waals surface area (Å²) in [5.41, 5.74) is -0.607. The Balaban J connectivity index is 2.49. The first kappa shape index (κ1) is 13.7. The number of carbonyl (C=O) groups excluding carboxylic acids is 1. The number of nitrogens with zero attached hydrogens (tertiary/aromatic N) is 2. The number of rotatable bonds is 4. The van der Waals surface area contributed by atoms with Crippen molar-refractivity contribution in [2.45, 2.75) is 0 Å². The predicted octanol–water partition coefficient (Wildman–Crippen LogP) is 1.29. The first-order chi connectivity index (χ1) is 9.63. The molecule has 1 heterocycles. The molecule has 0 atom stereocenters. The molecule has 20 heavy (non-hydrogen) atoms. The largest absolute Gasteiger partial charge is 0.394 e. The third kappa shape index (κ3) is 2.80. The molecule has 0 saturated carbocycles. The van der Waals surface area contributed by atoms with E-state index in [2.05, 4.69) is 10.4 Å². The van der Waals surface area contributed by atoms with Crippen molar-refractivity contribution in [2.24, 2.45) is 0 Å². The van der Waals surface area contributed by atoms with Gasteiger partial charge in [-0.05, 0) is 12.1 Å². The molecule has 2 rings (SSSR count). The summed E-state index contributed by atoms with van der Waals surface area (Å²) in [6, 6.07) is 7.14. The number of ketones is 1. The maximum absolute atomic E-state index is 13.7. The van der Waals surface area contributed by atoms with E-state index in [-0.39, 0.29) is 11.4 Å². The number of benzene rings is 1. The number of halogens is 1. The van der Waals surface area contributed by atoms with Crippen molar-refractivity contribution in [3.05, 3.63) is 70.5 Å². The number of hydrogen-bond acceptors (Lipinski definition) is 4. The molecule has 0 bridgehead atoms. The third-order valence-corrected chi connectivity index (χ3v) is 2.54. The van der Waals surface area contributed by atoms with Crippen LogP contribution in [0.5, 0.6) is 0 Å². The highest BCUT2D eigenvalue weighted by Gasteiger charge is 2.11. The molecule has 2 aromatic rings. The summed E-state index contributed by atoms with van der Waals surface area (Å²) >= 11 is 0. The molecule has 1 aromatic heterocycles. The van der Waals surface area contributed by atoms with Crippen LogP contribution in [0.3, 0.4) is 0 Å². The second-order valence-electron chi connectivity index (χ2n) is 3.91. The number of nitrogens with one attached hydrogen (secondary N) is 1. The molecule has 1 N–H and O–H groups in total. The van der Waals surface area contributed by atoms with Crippen LogP contribution >= 0.6 is 0 Å². The summed E-state index contributed by atoms with van der Waals surface area (Å²) in [7, 11) is 1.62. The van der Waals surface area contributed by atoms with Gasteiger partial charge in [0.05, 0.1) is 0 Å². The third-order valence-electron chi connectivity index (χ3n) is 2.54. The van der Waals surface area contributed by atoms with Crippen LogP contribution in [0, 0.1) is 5.82 Å². The molecule has 0 amide bonds. The lowest BCUT2D eigenvalue weighted by Crippen LogP contribution is -2.20. The Morgan fingerprint density at radius 2 is 2.10 bits per heavy atom. The van der Waals surface area contributed by atoms with E-state index in [1.165, 1.54) is 36.7 Å². The fraction of sp³-hybridized carbons (Fsp3) is 0.0714. The SMILES string of the molecule is CN/C=C/C(=O)c1nn(-c2ccccc2F)ccc1=O. The zero-order chi connectivity index (χ0) is 14.5. The molecule has 0 aliphatic rings. The lowest BCUT2D eigenvalue weighted by molar-refractivity contribution is 0.103. The Kier molecular flexibility index (Phi) is 4.05. The van der Waals surface area contributed by atoms with Crippen molar-refractivity contribution >= 4 is 5.78 Å². The summed E-state index contributed by atoms with van der Waals surface area (Å²) in [5.74, 6) is -1.04. The smallest absolute Gasteiger partial charge is 0.211 e. The minimum Gasteiger partial charge on any atom is -0.394 e. The van der Waals surface area contributed by atoms with Crippen LogP contribution in [0.15, 0.2) is 53.6 Å². The fourth-order valence-electron chi connectivity index (χ4n) is 1.59. The Morgan fingerprint density at radius 3 is 2.80 bits per heavy atom. The van der Waals surface area contributed by atoms with E-state index >= 15 is 0 Å². The first-order valence-electron chi connectivity index (χ1n) is 5.86. The first-order valence-corrected chi connectivity index (χ1v) is 5.86. The number of carbonyl (C=O) groups is 1. The van der Waals surface area contributed by atoms with Gasteiger partial charge in [0.2, 0.25) is 11.2 Å². The number of hydrogen-bond donors (Lipinski definition) is 1. The highest BCUT2D eigenvalue weighted by molar-refractivity contribution is 6.02. The van der Waals surface area contributed by atoms with Gasteiger partial charge in [0.15, 0.2) is 5.69 Å². The second kappa shape index (κ2) is 5.92. The average Bonchev–Trinajstić information content (AvgIpc) is 2.46. The quantitative estimate of drug-likeness (QED) is 0.673. The normalized spacial score (nSPS) is 10.7. The van der Waals surface area contributed by atoms with Crippen LogP contribution in [0.1, 0.15) is 10.5 Å². The van der Waals surface area contributed by atoms with Gasteiger partial charge in [0.1, 0.15) is 11.5 Å². The number of allylic oxidation sites excluding steroid dienone is 1. The van der Waals surface area contributed by atoms with Crippen LogP contribution in [0.25, 0.3) is 5.69 Å². The molecular weight excluding hydrogens is 261 g/mol. The molecule has 6 heteroatoms. The molecule has 0 spiro atoms. The van der Waals surface area contributed by atoms with E-state index < -0.39 is 17.0 Å². The van der Waals surface area contributed by atoms with E-state index in [1.807, 2.05) is 0 Å². The summed E-state index contributed by atoms with van der Waals surface area (Å²) in [6.45, 7) is 0. The van der Waals surface area contributed by atoms with Crippen molar-refractivity contribution in [1.29, 1.82) is 0 Å². The molecule has 1 aromatic carbocycles. The van der Waals surface area contributed by atoms with Gasteiger partial charge in [-0.15, -0.1) is 0 Å². The molecule has 5 nitrogen and oxygen atoms in total. The molecule has 0 aliphatic carbocycles. The van der Waals surface area contributed by atoms with Gasteiger partial charge in [-0.2, -0.15) is 5.10 Å². The maximum atomic E-state index is 13.7. The summed E-state index contributed by atoms with van der Waals surface area (Å²) in [4.78, 5) is 23.4. The number of para-hydroxylation sites is 1. The van der Waals surface area contributed by atoms with Gasteiger partial charge in [-0.1, -0.05) is 12.1 Å². The van der Waals surface area contributed by atoms with E-state index in [4.69, 9.17) is 0 Å². The monoisotopic (exact) mass is 273 g/mol. The zero-order valence-corrected chi connectivity index (χ0v) is 10.7. The van der Waals surface area contributed by atoms with Crippen molar-refractivity contribution < 1.29 is 9.18 Å². The summed E-state index contributed by atoms with van der Waals surface area (Å²) < 4.78 is 14.8. The number of aromatic nitrogens is 2. The Hall–Kier alpha value is -2.76. The molecule has 0 fully saturated rings. The predicted molar refractivity (Wildman–Crippen MR) is 72.3 cm³/mol. The zero-order valence-electron chi connectivity index (χ0n) is 10.7. The summed E-state index contributed by atoms with van der Waals surface area (Å²) in [5, 5.41) is 6.54. The highest BCUT2D eigenvalue weighted by atomic mass is 19.1. The molecule has 0 saturated heterocycles. The molecule has 0 radical (unpaired) electrons. The van der Waals surface area contributed by atoms with Gasteiger partial charge in [-0.25, -0.2) is 9.07 Å². The van der Waals surface area contributed by atoms with E-state index in [1.54, 1.807) is 19.2 Å². The second-order valence-corrected chi connectivity index (χ2v) is 3.91. The van der Waals surface area contributed by atoms with Gasteiger partial charge in [-0.3, -0.25) is 9.59 Å². The molecular formula is C14H12FN3O2. The van der Waals surface area contributed by atoms with Gasteiger partial charge < -0.3 is 5.32 Å².